The molecule has 0 unspecified atom stereocenters. The van der Waals surface area contributed by atoms with Crippen LogP contribution in [-0.4, -0.2) is 16.4 Å². The van der Waals surface area contributed by atoms with Crippen molar-refractivity contribution in [1.82, 2.24) is 9.78 Å². The van der Waals surface area contributed by atoms with Crippen LogP contribution >= 0.6 is 15.9 Å². The first kappa shape index (κ1) is 13.2. The van der Waals surface area contributed by atoms with Gasteiger partial charge in [0, 0.05) is 29.8 Å². The maximum atomic E-state index is 5.82. The third-order valence-electron chi connectivity index (χ3n) is 3.32. The summed E-state index contributed by atoms with van der Waals surface area (Å²) in [5.74, 6) is 0.905. The highest BCUT2D eigenvalue weighted by molar-refractivity contribution is 9.10. The molecule has 1 heterocycles. The van der Waals surface area contributed by atoms with Gasteiger partial charge in [0.1, 0.15) is 5.75 Å². The topological polar surface area (TPSA) is 27.1 Å². The Hall–Kier alpha value is -1.81. The maximum absolute atomic E-state index is 5.82. The molecular weight excluding hydrogens is 316 g/mol. The molecule has 0 aliphatic heterocycles. The second-order valence-corrected chi connectivity index (χ2v) is 5.61. The van der Waals surface area contributed by atoms with Gasteiger partial charge in [-0.1, -0.05) is 28.1 Å². The van der Waals surface area contributed by atoms with E-state index in [4.69, 9.17) is 4.74 Å². The standard InChI is InChI=1S/C16H15BrN2O/c1-19-15(6-8-18-19)7-9-20-16-5-3-12-10-14(17)4-2-13(12)11-16/h2-6,8,10-11H,7,9H2,1H3. The highest BCUT2D eigenvalue weighted by Gasteiger charge is 2.01. The van der Waals surface area contributed by atoms with E-state index in [2.05, 4.69) is 45.3 Å². The second-order valence-electron chi connectivity index (χ2n) is 4.70. The van der Waals surface area contributed by atoms with Crippen LogP contribution in [0.2, 0.25) is 0 Å². The second kappa shape index (κ2) is 5.67. The third kappa shape index (κ3) is 2.85. The number of aromatic nitrogens is 2. The van der Waals surface area contributed by atoms with Gasteiger partial charge in [0.05, 0.1) is 6.61 Å². The Kier molecular flexibility index (Phi) is 3.74. The van der Waals surface area contributed by atoms with Gasteiger partial charge in [-0.15, -0.1) is 0 Å². The van der Waals surface area contributed by atoms with E-state index >= 15 is 0 Å². The number of aryl methyl sites for hydroxylation is 1. The first-order valence-electron chi connectivity index (χ1n) is 6.51. The van der Waals surface area contributed by atoms with Crippen molar-refractivity contribution >= 4 is 26.7 Å². The summed E-state index contributed by atoms with van der Waals surface area (Å²) in [5, 5.41) is 6.54. The summed E-state index contributed by atoms with van der Waals surface area (Å²) in [5.41, 5.74) is 1.18. The quantitative estimate of drug-likeness (QED) is 0.724. The summed E-state index contributed by atoms with van der Waals surface area (Å²) in [6.45, 7) is 0.654. The number of nitrogens with zero attached hydrogens (tertiary/aromatic N) is 2. The fraction of sp³-hybridized carbons (Fsp3) is 0.188. The Bertz CT molecular complexity index is 736. The normalized spacial score (nSPS) is 10.9. The summed E-state index contributed by atoms with van der Waals surface area (Å²) in [6, 6.07) is 14.4. The molecule has 0 spiro atoms. The van der Waals surface area contributed by atoms with E-state index in [1.165, 1.54) is 16.5 Å². The number of fused-ring (bicyclic) bond motifs is 1. The number of hydrogen-bond acceptors (Lipinski definition) is 2. The highest BCUT2D eigenvalue weighted by Crippen LogP contribution is 2.24. The molecule has 0 bridgehead atoms. The number of rotatable bonds is 4. The average Bonchev–Trinajstić information content (AvgIpc) is 2.85. The van der Waals surface area contributed by atoms with Crippen LogP contribution in [0.5, 0.6) is 5.75 Å². The first-order chi connectivity index (χ1) is 9.72. The molecule has 2 aromatic carbocycles. The van der Waals surface area contributed by atoms with E-state index in [1.54, 1.807) is 0 Å². The molecule has 4 heteroatoms. The molecule has 102 valence electrons. The molecule has 1 aromatic heterocycles. The monoisotopic (exact) mass is 330 g/mol. The van der Waals surface area contributed by atoms with Gasteiger partial charge in [0.25, 0.3) is 0 Å². The van der Waals surface area contributed by atoms with Crippen LogP contribution in [0.15, 0.2) is 53.1 Å². The number of halogens is 1. The van der Waals surface area contributed by atoms with E-state index in [0.29, 0.717) is 6.61 Å². The van der Waals surface area contributed by atoms with Gasteiger partial charge in [-0.25, -0.2) is 0 Å². The van der Waals surface area contributed by atoms with Crippen LogP contribution in [0.3, 0.4) is 0 Å². The largest absolute Gasteiger partial charge is 0.493 e. The molecule has 0 fully saturated rings. The minimum Gasteiger partial charge on any atom is -0.493 e. The lowest BCUT2D eigenvalue weighted by Crippen LogP contribution is -2.05. The summed E-state index contributed by atoms with van der Waals surface area (Å²) in [4.78, 5) is 0. The minimum atomic E-state index is 0.654. The molecule has 3 nitrogen and oxygen atoms in total. The fourth-order valence-electron chi connectivity index (χ4n) is 2.20. The Morgan fingerprint density at radius 1 is 1.10 bits per heavy atom. The lowest BCUT2D eigenvalue weighted by molar-refractivity contribution is 0.319. The zero-order chi connectivity index (χ0) is 13.9. The van der Waals surface area contributed by atoms with Crippen LogP contribution in [0.4, 0.5) is 0 Å². The zero-order valence-corrected chi connectivity index (χ0v) is 12.8. The van der Waals surface area contributed by atoms with Crippen LogP contribution < -0.4 is 4.74 Å². The van der Waals surface area contributed by atoms with Crippen LogP contribution in [0, 0.1) is 0 Å². The average molecular weight is 331 g/mol. The van der Waals surface area contributed by atoms with E-state index in [9.17, 15) is 0 Å². The van der Waals surface area contributed by atoms with Gasteiger partial charge in [-0.05, 0) is 41.1 Å². The lowest BCUT2D eigenvalue weighted by Gasteiger charge is -2.08. The van der Waals surface area contributed by atoms with Gasteiger partial charge in [0.2, 0.25) is 0 Å². The molecule has 0 atom stereocenters. The van der Waals surface area contributed by atoms with Crippen molar-refractivity contribution in [3.8, 4) is 5.75 Å². The fourth-order valence-corrected chi connectivity index (χ4v) is 2.58. The number of ether oxygens (including phenoxy) is 1. The van der Waals surface area contributed by atoms with Crippen molar-refractivity contribution in [1.29, 1.82) is 0 Å². The van der Waals surface area contributed by atoms with Crippen LogP contribution in [0.1, 0.15) is 5.69 Å². The molecule has 20 heavy (non-hydrogen) atoms. The summed E-state index contributed by atoms with van der Waals surface area (Å²) < 4.78 is 8.79. The molecular formula is C16H15BrN2O. The van der Waals surface area contributed by atoms with E-state index in [-0.39, 0.29) is 0 Å². The minimum absolute atomic E-state index is 0.654. The first-order valence-corrected chi connectivity index (χ1v) is 7.31. The number of hydrogen-bond donors (Lipinski definition) is 0. The third-order valence-corrected chi connectivity index (χ3v) is 3.82. The van der Waals surface area contributed by atoms with E-state index in [1.807, 2.05) is 36.1 Å². The van der Waals surface area contributed by atoms with Gasteiger partial charge >= 0.3 is 0 Å². The number of benzene rings is 2. The molecule has 0 N–H and O–H groups in total. The highest BCUT2D eigenvalue weighted by atomic mass is 79.9. The van der Waals surface area contributed by atoms with E-state index in [0.717, 1.165) is 16.6 Å². The Morgan fingerprint density at radius 3 is 2.70 bits per heavy atom. The van der Waals surface area contributed by atoms with Crippen molar-refractivity contribution < 1.29 is 4.74 Å². The van der Waals surface area contributed by atoms with E-state index < -0.39 is 0 Å². The molecule has 3 aromatic rings. The maximum Gasteiger partial charge on any atom is 0.119 e. The van der Waals surface area contributed by atoms with Crippen LogP contribution in [0.25, 0.3) is 10.8 Å². The zero-order valence-electron chi connectivity index (χ0n) is 11.2. The summed E-state index contributed by atoms with van der Waals surface area (Å²) in [7, 11) is 1.95. The van der Waals surface area contributed by atoms with Gasteiger partial charge in [-0.2, -0.15) is 5.10 Å². The van der Waals surface area contributed by atoms with Crippen LogP contribution in [-0.2, 0) is 13.5 Å². The Balaban J connectivity index is 1.68. The summed E-state index contributed by atoms with van der Waals surface area (Å²) in [6.07, 6.45) is 2.66. The summed E-state index contributed by atoms with van der Waals surface area (Å²) >= 11 is 3.48. The molecule has 0 saturated carbocycles. The SMILES string of the molecule is Cn1nccc1CCOc1ccc2cc(Br)ccc2c1. The smallest absolute Gasteiger partial charge is 0.119 e. The lowest BCUT2D eigenvalue weighted by atomic mass is 10.1. The Morgan fingerprint density at radius 2 is 1.90 bits per heavy atom. The predicted octanol–water partition coefficient (Wildman–Crippen LogP) is 3.96. The molecule has 0 amide bonds. The van der Waals surface area contributed by atoms with Crippen molar-refractivity contribution in [2.45, 2.75) is 6.42 Å². The molecule has 0 aliphatic rings. The van der Waals surface area contributed by atoms with Gasteiger partial charge in [-0.3, -0.25) is 4.68 Å². The van der Waals surface area contributed by atoms with Crippen molar-refractivity contribution in [2.24, 2.45) is 7.05 Å². The Labute approximate surface area is 126 Å². The molecule has 0 radical (unpaired) electrons. The molecule has 0 aliphatic carbocycles. The van der Waals surface area contributed by atoms with Crippen molar-refractivity contribution in [3.63, 3.8) is 0 Å². The van der Waals surface area contributed by atoms with Gasteiger partial charge in [0.15, 0.2) is 0 Å². The molecule has 0 saturated heterocycles. The van der Waals surface area contributed by atoms with Gasteiger partial charge < -0.3 is 4.74 Å². The predicted molar refractivity (Wildman–Crippen MR) is 84.1 cm³/mol. The van der Waals surface area contributed by atoms with Crippen molar-refractivity contribution in [2.75, 3.05) is 6.61 Å². The molecule has 3 rings (SSSR count). The van der Waals surface area contributed by atoms with Crippen molar-refractivity contribution in [3.05, 3.63) is 58.8 Å².